The van der Waals surface area contributed by atoms with E-state index in [1.165, 1.54) is 30.3 Å². The number of hydrogen-bond donors (Lipinski definition) is 4. The average Bonchev–Trinajstić information content (AvgIpc) is 3.85. The summed E-state index contributed by atoms with van der Waals surface area (Å²) in [6, 6.07) is 12.1. The lowest BCUT2D eigenvalue weighted by molar-refractivity contribution is 0.0644. The van der Waals surface area contributed by atoms with Crippen molar-refractivity contribution >= 4 is 11.6 Å². The van der Waals surface area contributed by atoms with Gasteiger partial charge in [0, 0.05) is 14.6 Å². The van der Waals surface area contributed by atoms with Crippen LogP contribution in [0.15, 0.2) is 66.2 Å². The number of carbonyl (C=O) groups is 2. The van der Waals surface area contributed by atoms with Crippen molar-refractivity contribution in [3.63, 3.8) is 0 Å². The molecule has 0 amide bonds. The first kappa shape index (κ1) is 37.2. The van der Waals surface area contributed by atoms with E-state index in [4.69, 9.17) is 37.4 Å². The predicted molar refractivity (Wildman–Crippen MR) is 152 cm³/mol. The number of furan rings is 4. The Kier molecular flexibility index (Phi) is 16.7. The molecule has 0 fully saturated rings. The predicted octanol–water partition coefficient (Wildman–Crippen LogP) is 5.10. The van der Waals surface area contributed by atoms with Crippen LogP contribution in [0.4, 0.5) is 4.39 Å². The van der Waals surface area contributed by atoms with Gasteiger partial charge in [0.25, 0.3) is 0 Å². The van der Waals surface area contributed by atoms with E-state index < -0.39 is 23.8 Å². The zero-order valence-corrected chi connectivity index (χ0v) is 23.4. The third-order valence-corrected chi connectivity index (χ3v) is 5.42. The molecule has 0 radical (unpaired) electrons. The van der Waals surface area contributed by atoms with E-state index in [1.54, 1.807) is 18.2 Å². The smallest absolute Gasteiger partial charge is 0.234 e. The van der Waals surface area contributed by atoms with Gasteiger partial charge in [0.1, 0.15) is 61.0 Å². The van der Waals surface area contributed by atoms with Gasteiger partial charge in [0.05, 0.1) is 7.18 Å². The monoisotopic (exact) mass is 613 g/mol. The van der Waals surface area contributed by atoms with Crippen LogP contribution in [0, 0.1) is 0 Å². The van der Waals surface area contributed by atoms with Crippen molar-refractivity contribution in [3.8, 4) is 0 Å². The van der Waals surface area contributed by atoms with E-state index in [2.05, 4.69) is 0 Å². The fourth-order valence-electron chi connectivity index (χ4n) is 3.36. The molecule has 0 aliphatic heterocycles. The summed E-state index contributed by atoms with van der Waals surface area (Å²) >= 11 is 0. The molecule has 12 nitrogen and oxygen atoms in total. The van der Waals surface area contributed by atoms with Crippen molar-refractivity contribution in [2.45, 2.75) is 59.9 Å². The number of aliphatic hydroxyl groups excluding tert-OH is 4. The summed E-state index contributed by atoms with van der Waals surface area (Å²) in [5.41, 5.74) is 0. The van der Waals surface area contributed by atoms with Crippen molar-refractivity contribution in [1.29, 1.82) is 0 Å². The zero-order valence-electron chi connectivity index (χ0n) is 23.4. The van der Waals surface area contributed by atoms with E-state index in [1.807, 2.05) is 13.8 Å². The van der Waals surface area contributed by atoms with Crippen molar-refractivity contribution in [2.24, 2.45) is 0 Å². The number of halogens is 1. The molecular weight excluding hydrogens is 571 g/mol. The van der Waals surface area contributed by atoms with Crippen molar-refractivity contribution in [1.82, 2.24) is 0 Å². The largest absolute Gasteiger partial charge is 0.460 e. The highest BCUT2D eigenvalue weighted by atomic mass is 19.1. The standard InChI is InChI=1S/C16H20O6.C12H12O6.CH3F.CH4.H2/c1-3-19-9-11-5-7-13(21-11)15(17)16(18)14-8-6-12(22-14)10-20-4-2;13-5-7-1-3-9(17-7)11(15)12(16)10-4-2-8(6-14)18-10;1-2;;/h5-8,15,17H,3-4,9-10H2,1-2H3;1-4,11,13-15H,5-6H2;1H3;1H4;1H/i;;;;1+1. The highest BCUT2D eigenvalue weighted by Crippen LogP contribution is 2.24. The second-order valence-corrected chi connectivity index (χ2v) is 8.26. The maximum absolute atomic E-state index is 12.2. The van der Waals surface area contributed by atoms with Crippen LogP contribution in [-0.4, -0.2) is 52.4 Å². The Balaban J connectivity index is 0.000000774. The molecule has 43 heavy (non-hydrogen) atoms. The summed E-state index contributed by atoms with van der Waals surface area (Å²) in [6.45, 7) is 4.83. The van der Waals surface area contributed by atoms with Crippen LogP contribution in [0.2, 0.25) is 0 Å². The van der Waals surface area contributed by atoms with Gasteiger partial charge in [-0.15, -0.1) is 0 Å². The van der Waals surface area contributed by atoms with Crippen LogP contribution in [0.1, 0.15) is 90.6 Å². The lowest BCUT2D eigenvalue weighted by Crippen LogP contribution is -2.10. The minimum Gasteiger partial charge on any atom is -0.460 e. The molecule has 4 heterocycles. The van der Waals surface area contributed by atoms with E-state index >= 15 is 0 Å². The number of rotatable bonds is 14. The van der Waals surface area contributed by atoms with Crippen LogP contribution < -0.4 is 0 Å². The van der Waals surface area contributed by atoms with Gasteiger partial charge >= 0.3 is 0 Å². The van der Waals surface area contributed by atoms with E-state index in [0.717, 1.165) is 0 Å². The Morgan fingerprint density at radius 1 is 0.674 bits per heavy atom. The third kappa shape index (κ3) is 10.7. The first-order chi connectivity index (χ1) is 20.3. The number of ether oxygens (including phenoxy) is 2. The molecule has 0 aromatic carbocycles. The molecule has 0 spiro atoms. The lowest BCUT2D eigenvalue weighted by Gasteiger charge is -2.05. The molecule has 2 atom stereocenters. The second kappa shape index (κ2) is 19.4. The number of alkyl halides is 1. The Morgan fingerprint density at radius 3 is 1.44 bits per heavy atom. The number of ketones is 2. The van der Waals surface area contributed by atoms with Crippen molar-refractivity contribution in [3.05, 3.63) is 94.6 Å². The Morgan fingerprint density at radius 2 is 1.02 bits per heavy atom. The van der Waals surface area contributed by atoms with Gasteiger partial charge in [-0.3, -0.25) is 14.0 Å². The van der Waals surface area contributed by atoms with Crippen LogP contribution in [-0.2, 0) is 35.9 Å². The molecule has 13 heteroatoms. The normalized spacial score (nSPS) is 11.8. The minimum atomic E-state index is -1.50. The zero-order chi connectivity index (χ0) is 31.1. The Labute approximate surface area is 249 Å². The van der Waals surface area contributed by atoms with Crippen molar-refractivity contribution in [2.75, 3.05) is 20.4 Å². The molecule has 0 bridgehead atoms. The maximum atomic E-state index is 12.2. The van der Waals surface area contributed by atoms with Gasteiger partial charge in [0.15, 0.2) is 23.7 Å². The number of aliphatic hydroxyl groups is 4. The number of hydrogen-bond acceptors (Lipinski definition) is 12. The highest BCUT2D eigenvalue weighted by Gasteiger charge is 2.26. The maximum Gasteiger partial charge on any atom is 0.234 e. The fourth-order valence-corrected chi connectivity index (χ4v) is 3.36. The van der Waals surface area contributed by atoms with E-state index in [-0.39, 0.29) is 56.6 Å². The molecular formula is C30H41FO12. The summed E-state index contributed by atoms with van der Waals surface area (Å²) in [7, 11) is 0.500. The van der Waals surface area contributed by atoms with Gasteiger partial charge in [-0.1, -0.05) is 7.43 Å². The van der Waals surface area contributed by atoms with Gasteiger partial charge in [-0.2, -0.15) is 0 Å². The molecule has 4 aromatic rings. The summed E-state index contributed by atoms with van der Waals surface area (Å²) in [4.78, 5) is 24.0. The summed E-state index contributed by atoms with van der Waals surface area (Å²) in [6.07, 6.45) is -2.90. The molecule has 4 aromatic heterocycles. The summed E-state index contributed by atoms with van der Waals surface area (Å²) in [5, 5.41) is 37.5. The van der Waals surface area contributed by atoms with Crippen LogP contribution in [0.5, 0.6) is 0 Å². The first-order valence-corrected chi connectivity index (χ1v) is 12.8. The van der Waals surface area contributed by atoms with Gasteiger partial charge < -0.3 is 47.6 Å². The third-order valence-electron chi connectivity index (χ3n) is 5.42. The van der Waals surface area contributed by atoms with Gasteiger partial charge in [0.2, 0.25) is 11.6 Å². The molecule has 0 saturated carbocycles. The molecule has 2 unspecified atom stereocenters. The van der Waals surface area contributed by atoms with Crippen molar-refractivity contribution < 1.29 is 63.0 Å². The van der Waals surface area contributed by atoms with Crippen LogP contribution in [0.3, 0.4) is 0 Å². The summed E-state index contributed by atoms with van der Waals surface area (Å²) < 4.78 is 40.7. The molecule has 0 saturated heterocycles. The highest BCUT2D eigenvalue weighted by molar-refractivity contribution is 5.97. The van der Waals surface area contributed by atoms with Crippen LogP contribution in [0.25, 0.3) is 0 Å². The number of Topliss-reactive ketones (excluding diaryl/α,β-unsaturated/α-hetero) is 2. The van der Waals surface area contributed by atoms with E-state index in [0.29, 0.717) is 45.1 Å². The minimum absolute atomic E-state index is 0. The van der Waals surface area contributed by atoms with Crippen LogP contribution >= 0.6 is 0 Å². The molecule has 4 N–H and O–H groups in total. The quantitative estimate of drug-likeness (QED) is 0.138. The molecule has 0 aliphatic carbocycles. The number of carbonyl (C=O) groups excluding carboxylic acids is 2. The second-order valence-electron chi connectivity index (χ2n) is 8.26. The average molecular weight is 614 g/mol. The SMILES string of the molecule is C.CCOCc1ccc(C(=O)C(O)c2ccc(COCC)o2)o1.CF.O=C(c1ccc(CO)o1)C(O)c1ccc(CO)o1.[2HH]. The molecule has 0 aliphatic rings. The van der Waals surface area contributed by atoms with Gasteiger partial charge in [-0.25, -0.2) is 0 Å². The first-order valence-electron chi connectivity index (χ1n) is 12.8. The Bertz CT molecular complexity index is 1360. The fraction of sp³-hybridized carbons (Fsp3) is 0.400. The Hall–Kier alpha value is -3.85. The van der Waals surface area contributed by atoms with E-state index in [9.17, 15) is 24.2 Å². The lowest BCUT2D eigenvalue weighted by atomic mass is 10.1. The topological polar surface area (TPSA) is 186 Å². The summed E-state index contributed by atoms with van der Waals surface area (Å²) in [5.74, 6) is 0.572. The van der Waals surface area contributed by atoms with Gasteiger partial charge in [-0.05, 0) is 62.4 Å². The molecule has 4 rings (SSSR count). The molecule has 240 valence electrons.